The van der Waals surface area contributed by atoms with Crippen LogP contribution in [0.25, 0.3) is 44.4 Å². The van der Waals surface area contributed by atoms with Crippen molar-refractivity contribution < 1.29 is 9.84 Å². The number of aliphatic hydroxyl groups excluding tert-OH is 1. The first-order valence-electron chi connectivity index (χ1n) is 16.2. The van der Waals surface area contributed by atoms with Gasteiger partial charge >= 0.3 is 0 Å². The van der Waals surface area contributed by atoms with Gasteiger partial charge in [0.2, 0.25) is 0 Å². The van der Waals surface area contributed by atoms with Gasteiger partial charge in [-0.15, -0.1) is 0 Å². The van der Waals surface area contributed by atoms with Crippen molar-refractivity contribution in [1.82, 2.24) is 19.3 Å². The number of ether oxygens (including phenoxy) is 1. The fourth-order valence-electron chi connectivity index (χ4n) is 6.41. The van der Waals surface area contributed by atoms with Gasteiger partial charge in [0.05, 0.1) is 34.7 Å². The molecule has 0 fully saturated rings. The molecule has 6 heteroatoms. The Balaban J connectivity index is 1.37. The fraction of sp³-hybridized carbons (Fsp3) is 0.220. The number of aryl methyl sites for hydroxylation is 1. The highest BCUT2D eigenvalue weighted by Gasteiger charge is 2.28. The maximum atomic E-state index is 10.8. The van der Waals surface area contributed by atoms with E-state index in [0.29, 0.717) is 5.75 Å². The number of fused-ring (bicyclic) bond motifs is 3. The summed E-state index contributed by atoms with van der Waals surface area (Å²) in [5.74, 6) is 2.55. The predicted molar refractivity (Wildman–Crippen MR) is 191 cm³/mol. The minimum absolute atomic E-state index is 0.149. The molecule has 6 nitrogen and oxygen atoms in total. The standard InChI is InChI=1S/C41H40N4O2/c1-26(2)29-21-30(45-37(25-46)39(28-12-8-7-9-13-28)40(43-45)41(4,5)6)23-32(22-29)47-31-16-17-34-33-14-10-11-15-35(33)44(36(34)24-31)38-20-27(3)18-19-42-38/h7-24,26,46H,25H2,1-6H3. The second-order valence-corrected chi connectivity index (χ2v) is 13.6. The predicted octanol–water partition coefficient (Wildman–Crippen LogP) is 10.0. The average molecular weight is 621 g/mol. The molecule has 236 valence electrons. The minimum atomic E-state index is -0.241. The highest BCUT2D eigenvalue weighted by atomic mass is 16.5. The molecule has 0 unspecified atom stereocenters. The van der Waals surface area contributed by atoms with E-state index in [9.17, 15) is 5.11 Å². The van der Waals surface area contributed by atoms with Crippen LogP contribution >= 0.6 is 0 Å². The summed E-state index contributed by atoms with van der Waals surface area (Å²) < 4.78 is 10.8. The topological polar surface area (TPSA) is 65.1 Å². The summed E-state index contributed by atoms with van der Waals surface area (Å²) in [6.07, 6.45) is 1.86. The SMILES string of the molecule is Cc1ccnc(-n2c3ccccc3c3ccc(Oc4cc(C(C)C)cc(-n5nc(C(C)(C)C)c(-c6ccccc6)c5CO)c4)cc32)c1. The van der Waals surface area contributed by atoms with E-state index in [1.54, 1.807) is 0 Å². The molecule has 0 aliphatic carbocycles. The number of hydrogen-bond donors (Lipinski definition) is 1. The molecule has 0 amide bonds. The molecule has 0 saturated carbocycles. The number of hydrogen-bond acceptors (Lipinski definition) is 4. The molecule has 47 heavy (non-hydrogen) atoms. The first-order valence-corrected chi connectivity index (χ1v) is 16.2. The molecule has 3 heterocycles. The lowest BCUT2D eigenvalue weighted by atomic mass is 9.86. The molecule has 0 aliphatic heterocycles. The third-order valence-corrected chi connectivity index (χ3v) is 8.74. The van der Waals surface area contributed by atoms with E-state index in [4.69, 9.17) is 14.8 Å². The molecular weight excluding hydrogens is 580 g/mol. The maximum Gasteiger partial charge on any atom is 0.137 e. The molecule has 3 aromatic heterocycles. The number of benzene rings is 4. The summed E-state index contributed by atoms with van der Waals surface area (Å²) in [7, 11) is 0. The van der Waals surface area contributed by atoms with Crippen LogP contribution < -0.4 is 4.74 Å². The Kier molecular flexibility index (Phi) is 7.69. The van der Waals surface area contributed by atoms with E-state index >= 15 is 0 Å². The van der Waals surface area contributed by atoms with Crippen LogP contribution in [0.4, 0.5) is 0 Å². The molecule has 0 spiro atoms. The third kappa shape index (κ3) is 5.59. The van der Waals surface area contributed by atoms with E-state index in [2.05, 4.69) is 113 Å². The Morgan fingerprint density at radius 3 is 2.26 bits per heavy atom. The van der Waals surface area contributed by atoms with Gasteiger partial charge in [0, 0.05) is 40.1 Å². The Morgan fingerprint density at radius 1 is 0.787 bits per heavy atom. The zero-order valence-electron chi connectivity index (χ0n) is 27.8. The van der Waals surface area contributed by atoms with E-state index in [0.717, 1.165) is 67.3 Å². The van der Waals surface area contributed by atoms with Crippen LogP contribution in [0.2, 0.25) is 0 Å². The molecule has 7 aromatic rings. The average Bonchev–Trinajstić information content (AvgIpc) is 3.61. The summed E-state index contributed by atoms with van der Waals surface area (Å²) in [5.41, 5.74) is 8.71. The fourth-order valence-corrected chi connectivity index (χ4v) is 6.41. The van der Waals surface area contributed by atoms with E-state index in [-0.39, 0.29) is 17.9 Å². The van der Waals surface area contributed by atoms with Crippen LogP contribution in [-0.4, -0.2) is 24.4 Å². The van der Waals surface area contributed by atoms with Gasteiger partial charge in [-0.05, 0) is 72.0 Å². The zero-order chi connectivity index (χ0) is 32.9. The summed E-state index contributed by atoms with van der Waals surface area (Å²) in [5, 5.41) is 18.2. The van der Waals surface area contributed by atoms with Crippen molar-refractivity contribution in [3.63, 3.8) is 0 Å². The van der Waals surface area contributed by atoms with Gasteiger partial charge in [0.1, 0.15) is 17.3 Å². The second kappa shape index (κ2) is 11.9. The highest BCUT2D eigenvalue weighted by molar-refractivity contribution is 6.09. The first-order chi connectivity index (χ1) is 22.6. The van der Waals surface area contributed by atoms with Gasteiger partial charge in [-0.25, -0.2) is 9.67 Å². The number of para-hydroxylation sites is 1. The Labute approximate surface area is 275 Å². The van der Waals surface area contributed by atoms with Gasteiger partial charge < -0.3 is 9.84 Å². The van der Waals surface area contributed by atoms with Gasteiger partial charge in [0.15, 0.2) is 0 Å². The summed E-state index contributed by atoms with van der Waals surface area (Å²) in [6.45, 7) is 12.8. The lowest BCUT2D eigenvalue weighted by molar-refractivity contribution is 0.273. The molecular formula is C41H40N4O2. The monoisotopic (exact) mass is 620 g/mol. The molecule has 0 bridgehead atoms. The van der Waals surface area contributed by atoms with Crippen molar-refractivity contribution in [2.45, 2.75) is 59.5 Å². The van der Waals surface area contributed by atoms with Crippen LogP contribution in [0.1, 0.15) is 63.1 Å². The molecule has 4 aromatic carbocycles. The molecule has 1 N–H and O–H groups in total. The lowest BCUT2D eigenvalue weighted by Crippen LogP contribution is -2.14. The minimum Gasteiger partial charge on any atom is -0.457 e. The van der Waals surface area contributed by atoms with Crippen molar-refractivity contribution in [2.24, 2.45) is 0 Å². The van der Waals surface area contributed by atoms with Gasteiger partial charge in [0.25, 0.3) is 0 Å². The number of aromatic nitrogens is 4. The lowest BCUT2D eigenvalue weighted by Gasteiger charge is -2.18. The van der Waals surface area contributed by atoms with Gasteiger partial charge in [-0.3, -0.25) is 4.57 Å². The molecule has 0 radical (unpaired) electrons. The second-order valence-electron chi connectivity index (χ2n) is 13.6. The van der Waals surface area contributed by atoms with Crippen molar-refractivity contribution in [3.8, 4) is 34.1 Å². The summed E-state index contributed by atoms with van der Waals surface area (Å²) in [4.78, 5) is 4.73. The Bertz CT molecular complexity index is 2240. The van der Waals surface area contributed by atoms with Crippen LogP contribution in [-0.2, 0) is 12.0 Å². The smallest absolute Gasteiger partial charge is 0.137 e. The third-order valence-electron chi connectivity index (χ3n) is 8.74. The van der Waals surface area contributed by atoms with Crippen LogP contribution in [0.3, 0.4) is 0 Å². The highest BCUT2D eigenvalue weighted by Crippen LogP contribution is 2.39. The van der Waals surface area contributed by atoms with Crippen LogP contribution in [0.15, 0.2) is 109 Å². The maximum absolute atomic E-state index is 10.8. The Hall–Kier alpha value is -5.20. The van der Waals surface area contributed by atoms with Crippen molar-refractivity contribution >= 4 is 21.8 Å². The molecule has 0 atom stereocenters. The van der Waals surface area contributed by atoms with Gasteiger partial charge in [-0.2, -0.15) is 5.10 Å². The van der Waals surface area contributed by atoms with E-state index in [1.165, 1.54) is 5.39 Å². The largest absolute Gasteiger partial charge is 0.457 e. The normalized spacial score (nSPS) is 12.0. The molecule has 0 saturated heterocycles. The van der Waals surface area contributed by atoms with Crippen molar-refractivity contribution in [1.29, 1.82) is 0 Å². The first kappa shape index (κ1) is 30.5. The van der Waals surface area contributed by atoms with Gasteiger partial charge in [-0.1, -0.05) is 83.1 Å². The Morgan fingerprint density at radius 2 is 1.53 bits per heavy atom. The quantitative estimate of drug-likeness (QED) is 0.193. The zero-order valence-corrected chi connectivity index (χ0v) is 27.8. The summed E-state index contributed by atoms with van der Waals surface area (Å²) >= 11 is 0. The van der Waals surface area contributed by atoms with E-state index < -0.39 is 0 Å². The number of rotatable bonds is 7. The van der Waals surface area contributed by atoms with Crippen LogP contribution in [0, 0.1) is 6.92 Å². The number of pyridine rings is 1. The number of aliphatic hydroxyl groups is 1. The molecule has 7 rings (SSSR count). The number of nitrogens with zero attached hydrogens (tertiary/aromatic N) is 4. The summed E-state index contributed by atoms with van der Waals surface area (Å²) in [6, 6.07) is 35.3. The van der Waals surface area contributed by atoms with Crippen molar-refractivity contribution in [2.75, 3.05) is 0 Å². The van der Waals surface area contributed by atoms with Crippen molar-refractivity contribution in [3.05, 3.63) is 132 Å². The van der Waals surface area contributed by atoms with E-state index in [1.807, 2.05) is 47.3 Å². The molecule has 0 aliphatic rings. The van der Waals surface area contributed by atoms with Crippen LogP contribution in [0.5, 0.6) is 11.5 Å².